The van der Waals surface area contributed by atoms with Crippen LogP contribution in [-0.2, 0) is 0 Å². The zero-order chi connectivity index (χ0) is 13.7. The summed E-state index contributed by atoms with van der Waals surface area (Å²) in [6.45, 7) is 1.04. The number of fused-ring (bicyclic) bond motifs is 3. The first-order chi connectivity index (χ1) is 9.75. The normalized spacial score (nSPS) is 25.7. The van der Waals surface area contributed by atoms with Crippen molar-refractivity contribution in [3.05, 3.63) is 59.7 Å². The fourth-order valence-electron chi connectivity index (χ4n) is 3.53. The lowest BCUT2D eigenvalue weighted by molar-refractivity contribution is 0.0572. The summed E-state index contributed by atoms with van der Waals surface area (Å²) < 4.78 is 0. The summed E-state index contributed by atoms with van der Waals surface area (Å²) >= 11 is 0. The predicted octanol–water partition coefficient (Wildman–Crippen LogP) is 1.79. The topological polar surface area (TPSA) is 43.7 Å². The van der Waals surface area contributed by atoms with Crippen LogP contribution < -0.4 is 0 Å². The largest absolute Gasteiger partial charge is 0.389 e. The molecule has 2 N–H and O–H groups in total. The average Bonchev–Trinajstić information content (AvgIpc) is 2.97. The van der Waals surface area contributed by atoms with Gasteiger partial charge in [0.2, 0.25) is 0 Å². The maximum Gasteiger partial charge on any atom is 0.0938 e. The number of β-amino-alcohol motifs (C(OH)–C–C–N with tert-alkyl or cyclic N) is 2. The number of nitrogens with zero attached hydrogens (tertiary/aromatic N) is 1. The van der Waals surface area contributed by atoms with Gasteiger partial charge in [-0.05, 0) is 22.3 Å². The van der Waals surface area contributed by atoms with Gasteiger partial charge in [-0.1, -0.05) is 48.5 Å². The summed E-state index contributed by atoms with van der Waals surface area (Å²) in [6.07, 6.45) is -1.29. The Balaban J connectivity index is 1.84. The molecule has 1 aliphatic heterocycles. The Labute approximate surface area is 118 Å². The SMILES string of the molecule is OC1CN(C2c3ccccc3-c3ccccc32)CC1O. The van der Waals surface area contributed by atoms with E-state index < -0.39 is 12.2 Å². The third-order valence-corrected chi connectivity index (χ3v) is 4.45. The molecule has 0 bridgehead atoms. The lowest BCUT2D eigenvalue weighted by Gasteiger charge is -2.25. The van der Waals surface area contributed by atoms with Crippen LogP contribution in [0, 0.1) is 0 Å². The molecule has 20 heavy (non-hydrogen) atoms. The molecule has 2 aromatic carbocycles. The highest BCUT2D eigenvalue weighted by atomic mass is 16.3. The molecule has 1 saturated heterocycles. The number of benzene rings is 2. The van der Waals surface area contributed by atoms with Gasteiger partial charge in [-0.3, -0.25) is 4.90 Å². The van der Waals surface area contributed by atoms with E-state index in [1.807, 2.05) is 0 Å². The maximum atomic E-state index is 9.83. The van der Waals surface area contributed by atoms with Crippen molar-refractivity contribution in [3.63, 3.8) is 0 Å². The van der Waals surface area contributed by atoms with E-state index >= 15 is 0 Å². The van der Waals surface area contributed by atoms with Gasteiger partial charge in [-0.15, -0.1) is 0 Å². The molecule has 1 fully saturated rings. The van der Waals surface area contributed by atoms with Crippen LogP contribution >= 0.6 is 0 Å². The second-order valence-corrected chi connectivity index (χ2v) is 5.67. The molecule has 4 rings (SSSR count). The van der Waals surface area contributed by atoms with Gasteiger partial charge in [-0.2, -0.15) is 0 Å². The van der Waals surface area contributed by atoms with Gasteiger partial charge >= 0.3 is 0 Å². The van der Waals surface area contributed by atoms with Crippen LogP contribution in [0.2, 0.25) is 0 Å². The summed E-state index contributed by atoms with van der Waals surface area (Å²) in [5, 5.41) is 19.7. The van der Waals surface area contributed by atoms with E-state index in [0.29, 0.717) is 13.1 Å². The summed E-state index contributed by atoms with van der Waals surface area (Å²) in [4.78, 5) is 2.18. The lowest BCUT2D eigenvalue weighted by atomic mass is 10.0. The van der Waals surface area contributed by atoms with E-state index in [1.54, 1.807) is 0 Å². The molecule has 2 aliphatic rings. The van der Waals surface area contributed by atoms with E-state index in [9.17, 15) is 10.2 Å². The zero-order valence-electron chi connectivity index (χ0n) is 11.1. The fourth-order valence-corrected chi connectivity index (χ4v) is 3.53. The molecule has 2 atom stereocenters. The number of aliphatic hydroxyl groups excluding tert-OH is 2. The predicted molar refractivity (Wildman–Crippen MR) is 77.3 cm³/mol. The molecule has 2 aromatic rings. The third-order valence-electron chi connectivity index (χ3n) is 4.45. The van der Waals surface area contributed by atoms with Crippen LogP contribution in [0.3, 0.4) is 0 Å². The van der Waals surface area contributed by atoms with Crippen molar-refractivity contribution >= 4 is 0 Å². The molecule has 3 nitrogen and oxygen atoms in total. The van der Waals surface area contributed by atoms with E-state index in [0.717, 1.165) is 0 Å². The van der Waals surface area contributed by atoms with E-state index in [2.05, 4.69) is 53.4 Å². The lowest BCUT2D eigenvalue weighted by Crippen LogP contribution is -2.27. The van der Waals surface area contributed by atoms with Crippen LogP contribution in [-0.4, -0.2) is 40.4 Å². The first kappa shape index (κ1) is 12.1. The summed E-state index contributed by atoms with van der Waals surface area (Å²) in [7, 11) is 0. The van der Waals surface area contributed by atoms with Crippen molar-refractivity contribution in [3.8, 4) is 11.1 Å². The molecular weight excluding hydrogens is 250 g/mol. The molecular formula is C17H17NO2. The highest BCUT2D eigenvalue weighted by Gasteiger charge is 2.39. The highest BCUT2D eigenvalue weighted by molar-refractivity contribution is 5.78. The molecule has 1 heterocycles. The van der Waals surface area contributed by atoms with Gasteiger partial charge in [0.15, 0.2) is 0 Å². The minimum Gasteiger partial charge on any atom is -0.389 e. The number of aliphatic hydroxyl groups is 2. The quantitative estimate of drug-likeness (QED) is 0.828. The van der Waals surface area contributed by atoms with Gasteiger partial charge in [0, 0.05) is 13.1 Å². The van der Waals surface area contributed by atoms with Gasteiger partial charge in [0.05, 0.1) is 18.2 Å². The molecule has 2 unspecified atom stereocenters. The molecule has 0 amide bonds. The monoisotopic (exact) mass is 267 g/mol. The first-order valence-electron chi connectivity index (χ1n) is 7.04. The molecule has 0 radical (unpaired) electrons. The van der Waals surface area contributed by atoms with Gasteiger partial charge in [-0.25, -0.2) is 0 Å². The van der Waals surface area contributed by atoms with Crippen molar-refractivity contribution in [1.82, 2.24) is 4.90 Å². The number of likely N-dealkylation sites (tertiary alicyclic amines) is 1. The second-order valence-electron chi connectivity index (χ2n) is 5.67. The van der Waals surface area contributed by atoms with Crippen molar-refractivity contribution in [1.29, 1.82) is 0 Å². The minimum atomic E-state index is -0.644. The first-order valence-corrected chi connectivity index (χ1v) is 7.04. The van der Waals surface area contributed by atoms with Crippen LogP contribution in [0.5, 0.6) is 0 Å². The van der Waals surface area contributed by atoms with Crippen LogP contribution in [0.4, 0.5) is 0 Å². The molecule has 1 aliphatic carbocycles. The molecule has 0 aromatic heterocycles. The summed E-state index contributed by atoms with van der Waals surface area (Å²) in [6, 6.07) is 17.0. The smallest absolute Gasteiger partial charge is 0.0938 e. The Morgan fingerprint density at radius 2 is 1.20 bits per heavy atom. The zero-order valence-corrected chi connectivity index (χ0v) is 11.1. The van der Waals surface area contributed by atoms with Crippen LogP contribution in [0.25, 0.3) is 11.1 Å². The van der Waals surface area contributed by atoms with E-state index in [-0.39, 0.29) is 6.04 Å². The average molecular weight is 267 g/mol. The third kappa shape index (κ3) is 1.64. The number of rotatable bonds is 1. The Hall–Kier alpha value is -1.68. The van der Waals surface area contributed by atoms with Crippen LogP contribution in [0.1, 0.15) is 17.2 Å². The van der Waals surface area contributed by atoms with Gasteiger partial charge < -0.3 is 10.2 Å². The van der Waals surface area contributed by atoms with Gasteiger partial charge in [0.25, 0.3) is 0 Å². The van der Waals surface area contributed by atoms with Crippen LogP contribution in [0.15, 0.2) is 48.5 Å². The number of hydrogen-bond donors (Lipinski definition) is 2. The standard InChI is InChI=1S/C17H17NO2/c19-15-9-18(10-16(15)20)17-13-7-3-1-5-11(13)12-6-2-4-8-14(12)17/h1-8,15-17,19-20H,9-10H2. The molecule has 0 spiro atoms. The Morgan fingerprint density at radius 1 is 0.750 bits per heavy atom. The van der Waals surface area contributed by atoms with Crippen molar-refractivity contribution in [2.75, 3.05) is 13.1 Å². The Kier molecular flexibility index (Phi) is 2.67. The Morgan fingerprint density at radius 3 is 1.70 bits per heavy atom. The van der Waals surface area contributed by atoms with Gasteiger partial charge in [0.1, 0.15) is 0 Å². The fraction of sp³-hybridized carbons (Fsp3) is 0.294. The minimum absolute atomic E-state index is 0.147. The maximum absolute atomic E-state index is 9.83. The van der Waals surface area contributed by atoms with E-state index in [4.69, 9.17) is 0 Å². The van der Waals surface area contributed by atoms with Crippen molar-refractivity contribution < 1.29 is 10.2 Å². The molecule has 0 saturated carbocycles. The Bertz CT molecular complexity index is 599. The van der Waals surface area contributed by atoms with Crippen molar-refractivity contribution in [2.24, 2.45) is 0 Å². The summed E-state index contributed by atoms with van der Waals surface area (Å²) in [5.41, 5.74) is 5.08. The molecule has 3 heteroatoms. The van der Waals surface area contributed by atoms with E-state index in [1.165, 1.54) is 22.3 Å². The highest BCUT2D eigenvalue weighted by Crippen LogP contribution is 2.46. The second kappa shape index (κ2) is 4.42. The number of hydrogen-bond acceptors (Lipinski definition) is 3. The summed E-state index contributed by atoms with van der Waals surface area (Å²) in [5.74, 6) is 0. The van der Waals surface area contributed by atoms with Crippen molar-refractivity contribution in [2.45, 2.75) is 18.2 Å². The molecule has 102 valence electrons.